The van der Waals surface area contributed by atoms with Crippen LogP contribution in [0.25, 0.3) is 11.1 Å². The fourth-order valence-corrected chi connectivity index (χ4v) is 3.03. The van der Waals surface area contributed by atoms with Crippen molar-refractivity contribution in [3.8, 4) is 23.5 Å². The van der Waals surface area contributed by atoms with Crippen molar-refractivity contribution < 1.29 is 5.11 Å². The minimum Gasteiger partial charge on any atom is -0.376 e. The van der Waals surface area contributed by atoms with E-state index >= 15 is 0 Å². The normalized spacial score (nSPS) is 11.7. The average Bonchev–Trinajstić information content (AvgIpc) is 2.67. The zero-order valence-electron chi connectivity index (χ0n) is 13.5. The number of rotatable bonds is 5. The minimum atomic E-state index is -0.892. The smallest absolute Gasteiger partial charge is 0.140 e. The Hall–Kier alpha value is -2.82. The van der Waals surface area contributed by atoms with Crippen LogP contribution in [0.3, 0.4) is 0 Å². The quantitative estimate of drug-likeness (QED) is 0.671. The lowest BCUT2D eigenvalue weighted by Crippen LogP contribution is -2.02. The molecule has 118 valence electrons. The highest BCUT2D eigenvalue weighted by Gasteiger charge is 2.15. The Morgan fingerprint density at radius 2 is 1.46 bits per heavy atom. The zero-order valence-corrected chi connectivity index (χ0v) is 13.5. The third kappa shape index (κ3) is 3.56. The van der Waals surface area contributed by atoms with Crippen LogP contribution in [0, 0.1) is 12.3 Å². The summed E-state index contributed by atoms with van der Waals surface area (Å²) in [4.78, 5) is 0. The van der Waals surface area contributed by atoms with Gasteiger partial charge in [0.15, 0.2) is 0 Å². The SMILES string of the molecule is C#CC(O)c1cccc(CCc2ccccc2)c1-c1ccccc1. The van der Waals surface area contributed by atoms with Crippen LogP contribution in [0.15, 0.2) is 78.9 Å². The molecular weight excluding hydrogens is 292 g/mol. The lowest BCUT2D eigenvalue weighted by Gasteiger charge is -2.17. The van der Waals surface area contributed by atoms with Gasteiger partial charge in [0.05, 0.1) is 0 Å². The fourth-order valence-electron chi connectivity index (χ4n) is 3.03. The Bertz CT molecular complexity index is 829. The van der Waals surface area contributed by atoms with Crippen molar-refractivity contribution in [1.29, 1.82) is 0 Å². The first-order valence-electron chi connectivity index (χ1n) is 8.15. The zero-order chi connectivity index (χ0) is 16.8. The minimum absolute atomic E-state index is 0.800. The molecule has 3 rings (SSSR count). The summed E-state index contributed by atoms with van der Waals surface area (Å²) < 4.78 is 0. The van der Waals surface area contributed by atoms with Gasteiger partial charge in [0, 0.05) is 5.56 Å². The molecule has 0 saturated heterocycles. The molecule has 0 fully saturated rings. The second kappa shape index (κ2) is 7.64. The highest BCUT2D eigenvalue weighted by Crippen LogP contribution is 2.32. The van der Waals surface area contributed by atoms with Gasteiger partial charge in [-0.25, -0.2) is 0 Å². The molecule has 0 radical (unpaired) electrons. The topological polar surface area (TPSA) is 20.2 Å². The molecule has 1 nitrogen and oxygen atoms in total. The summed E-state index contributed by atoms with van der Waals surface area (Å²) >= 11 is 0. The number of hydrogen-bond donors (Lipinski definition) is 1. The van der Waals surface area contributed by atoms with Crippen LogP contribution in [0.4, 0.5) is 0 Å². The van der Waals surface area contributed by atoms with Gasteiger partial charge < -0.3 is 5.11 Å². The van der Waals surface area contributed by atoms with Gasteiger partial charge in [0.25, 0.3) is 0 Å². The van der Waals surface area contributed by atoms with Gasteiger partial charge in [0.1, 0.15) is 6.10 Å². The third-order valence-electron chi connectivity index (χ3n) is 4.22. The van der Waals surface area contributed by atoms with E-state index in [1.165, 1.54) is 11.1 Å². The van der Waals surface area contributed by atoms with E-state index in [9.17, 15) is 5.11 Å². The van der Waals surface area contributed by atoms with Gasteiger partial charge in [-0.05, 0) is 35.1 Å². The monoisotopic (exact) mass is 312 g/mol. The molecule has 0 aliphatic heterocycles. The summed E-state index contributed by atoms with van der Waals surface area (Å²) in [6.07, 6.45) is 6.43. The molecule has 1 heteroatoms. The van der Waals surface area contributed by atoms with E-state index in [-0.39, 0.29) is 0 Å². The number of aliphatic hydroxyl groups excluding tert-OH is 1. The molecule has 1 N–H and O–H groups in total. The van der Waals surface area contributed by atoms with Crippen LogP contribution in [-0.2, 0) is 12.8 Å². The Morgan fingerprint density at radius 3 is 2.12 bits per heavy atom. The lowest BCUT2D eigenvalue weighted by atomic mass is 9.89. The average molecular weight is 312 g/mol. The van der Waals surface area contributed by atoms with E-state index in [1.807, 2.05) is 36.4 Å². The van der Waals surface area contributed by atoms with E-state index in [0.29, 0.717) is 0 Å². The molecule has 1 atom stereocenters. The van der Waals surface area contributed by atoms with Gasteiger partial charge in [-0.2, -0.15) is 0 Å². The van der Waals surface area contributed by atoms with Crippen molar-refractivity contribution in [2.45, 2.75) is 18.9 Å². The Morgan fingerprint density at radius 1 is 0.792 bits per heavy atom. The summed E-state index contributed by atoms with van der Waals surface area (Å²) in [7, 11) is 0. The lowest BCUT2D eigenvalue weighted by molar-refractivity contribution is 0.239. The van der Waals surface area contributed by atoms with Crippen molar-refractivity contribution in [3.05, 3.63) is 95.6 Å². The molecule has 0 aromatic heterocycles. The van der Waals surface area contributed by atoms with Crippen molar-refractivity contribution in [2.75, 3.05) is 0 Å². The molecule has 3 aromatic rings. The largest absolute Gasteiger partial charge is 0.376 e. The second-order valence-electron chi connectivity index (χ2n) is 5.80. The van der Waals surface area contributed by atoms with E-state index in [4.69, 9.17) is 6.42 Å². The Balaban J connectivity index is 2.01. The van der Waals surface area contributed by atoms with Gasteiger partial charge in [0.2, 0.25) is 0 Å². The Kier molecular flexibility index (Phi) is 5.11. The van der Waals surface area contributed by atoms with Gasteiger partial charge >= 0.3 is 0 Å². The Labute approximate surface area is 143 Å². The number of aliphatic hydroxyl groups is 1. The molecule has 0 heterocycles. The molecule has 0 saturated carbocycles. The van der Waals surface area contributed by atoms with Gasteiger partial charge in [-0.15, -0.1) is 6.42 Å². The molecular formula is C23H20O. The first kappa shape index (κ1) is 16.1. The van der Waals surface area contributed by atoms with Crippen molar-refractivity contribution >= 4 is 0 Å². The molecule has 0 aliphatic rings. The van der Waals surface area contributed by atoms with Crippen LogP contribution in [0.1, 0.15) is 22.8 Å². The number of hydrogen-bond acceptors (Lipinski definition) is 1. The molecule has 0 bridgehead atoms. The van der Waals surface area contributed by atoms with E-state index in [1.54, 1.807) is 0 Å². The van der Waals surface area contributed by atoms with Crippen molar-refractivity contribution in [3.63, 3.8) is 0 Å². The summed E-state index contributed by atoms with van der Waals surface area (Å²) in [6, 6.07) is 26.6. The van der Waals surface area contributed by atoms with Gasteiger partial charge in [-0.3, -0.25) is 0 Å². The summed E-state index contributed by atoms with van der Waals surface area (Å²) in [5.74, 6) is 2.45. The standard InChI is InChI=1S/C23H20O/c1-2-22(24)21-15-9-14-20(17-16-18-10-5-3-6-11-18)23(21)19-12-7-4-8-13-19/h1,3-15,22,24H,16-17H2. The second-order valence-corrected chi connectivity index (χ2v) is 5.80. The molecule has 0 amide bonds. The number of aryl methyl sites for hydroxylation is 2. The first-order chi connectivity index (χ1) is 11.8. The fraction of sp³-hybridized carbons (Fsp3) is 0.130. The van der Waals surface area contributed by atoms with Crippen LogP contribution in [0.5, 0.6) is 0 Å². The predicted molar refractivity (Wildman–Crippen MR) is 99.5 cm³/mol. The van der Waals surface area contributed by atoms with E-state index in [2.05, 4.69) is 48.4 Å². The summed E-state index contributed by atoms with van der Waals surface area (Å²) in [5.41, 5.74) is 5.45. The first-order valence-corrected chi connectivity index (χ1v) is 8.15. The van der Waals surface area contributed by atoms with E-state index < -0.39 is 6.10 Å². The number of terminal acetylenes is 1. The highest BCUT2D eigenvalue weighted by atomic mass is 16.3. The maximum Gasteiger partial charge on any atom is 0.140 e. The van der Waals surface area contributed by atoms with Gasteiger partial charge in [-0.1, -0.05) is 84.8 Å². The third-order valence-corrected chi connectivity index (χ3v) is 4.22. The molecule has 1 unspecified atom stereocenters. The molecule has 24 heavy (non-hydrogen) atoms. The van der Waals surface area contributed by atoms with Crippen LogP contribution >= 0.6 is 0 Å². The number of benzene rings is 3. The molecule has 3 aromatic carbocycles. The van der Waals surface area contributed by atoms with Crippen LogP contribution < -0.4 is 0 Å². The molecule has 0 aliphatic carbocycles. The maximum atomic E-state index is 10.2. The van der Waals surface area contributed by atoms with E-state index in [0.717, 1.165) is 29.5 Å². The molecule has 0 spiro atoms. The summed E-state index contributed by atoms with van der Waals surface area (Å²) in [5, 5.41) is 10.2. The predicted octanol–water partition coefficient (Wildman–Crippen LogP) is 4.81. The maximum absolute atomic E-state index is 10.2. The van der Waals surface area contributed by atoms with Crippen molar-refractivity contribution in [2.24, 2.45) is 0 Å². The van der Waals surface area contributed by atoms with Crippen LogP contribution in [0.2, 0.25) is 0 Å². The summed E-state index contributed by atoms with van der Waals surface area (Å²) in [6.45, 7) is 0. The van der Waals surface area contributed by atoms with Crippen LogP contribution in [-0.4, -0.2) is 5.11 Å². The highest BCUT2D eigenvalue weighted by molar-refractivity contribution is 5.72. The van der Waals surface area contributed by atoms with Crippen molar-refractivity contribution in [1.82, 2.24) is 0 Å².